The molecule has 0 spiro atoms. The summed E-state index contributed by atoms with van der Waals surface area (Å²) in [5.74, 6) is 0.703. The maximum atomic E-state index is 5.56. The van der Waals surface area contributed by atoms with E-state index in [2.05, 4.69) is 37.9 Å². The highest BCUT2D eigenvalue weighted by Gasteiger charge is 2.27. The molecule has 0 aromatic carbocycles. The fraction of sp³-hybridized carbons (Fsp3) is 1.00. The summed E-state index contributed by atoms with van der Waals surface area (Å²) in [5, 5.41) is 3.73. The Hall–Kier alpha value is -0.120. The molecular weight excluding hydrogens is 224 g/mol. The van der Waals surface area contributed by atoms with Crippen LogP contribution in [0.5, 0.6) is 0 Å². The molecule has 3 atom stereocenters. The maximum absolute atomic E-state index is 5.56. The molecule has 1 aliphatic heterocycles. The Bertz CT molecular complexity index is 205. The molecule has 0 saturated carbocycles. The monoisotopic (exact) mass is 256 g/mol. The molecule has 1 heterocycles. The Balaban J connectivity index is 2.52. The number of nitrogens with one attached hydrogen (secondary N) is 1. The fourth-order valence-corrected chi connectivity index (χ4v) is 2.71. The predicted molar refractivity (Wildman–Crippen MR) is 78.0 cm³/mol. The molecule has 0 bridgehead atoms. The molecule has 18 heavy (non-hydrogen) atoms. The predicted octanol–water partition coefficient (Wildman–Crippen LogP) is 2.51. The minimum absolute atomic E-state index is 0.599. The lowest BCUT2D eigenvalue weighted by molar-refractivity contribution is 0.145. The number of nitrogens with zero attached hydrogens (tertiary/aromatic N) is 1. The first kappa shape index (κ1) is 15.9. The van der Waals surface area contributed by atoms with Crippen LogP contribution in [0, 0.1) is 5.92 Å². The van der Waals surface area contributed by atoms with E-state index in [1.54, 1.807) is 0 Å². The molecule has 108 valence electrons. The highest BCUT2D eigenvalue weighted by molar-refractivity contribution is 4.83. The van der Waals surface area contributed by atoms with Gasteiger partial charge >= 0.3 is 0 Å². The van der Waals surface area contributed by atoms with E-state index in [4.69, 9.17) is 4.74 Å². The van der Waals surface area contributed by atoms with Crippen molar-refractivity contribution < 1.29 is 4.74 Å². The largest absolute Gasteiger partial charge is 0.381 e. The van der Waals surface area contributed by atoms with E-state index >= 15 is 0 Å². The first-order valence-electron chi connectivity index (χ1n) is 7.78. The molecule has 0 amide bonds. The van der Waals surface area contributed by atoms with Crippen LogP contribution < -0.4 is 5.32 Å². The molecule has 1 N–H and O–H groups in total. The van der Waals surface area contributed by atoms with E-state index in [9.17, 15) is 0 Å². The lowest BCUT2D eigenvalue weighted by Crippen LogP contribution is -2.48. The van der Waals surface area contributed by atoms with Crippen molar-refractivity contribution in [1.82, 2.24) is 10.2 Å². The van der Waals surface area contributed by atoms with Crippen LogP contribution in [0.4, 0.5) is 0 Å². The number of ether oxygens (including phenoxy) is 1. The SMILES string of the molecule is CCCNC(CN(CC)C(C)CC)C1CCOC1. The molecule has 0 aliphatic carbocycles. The van der Waals surface area contributed by atoms with Crippen molar-refractivity contribution in [3.63, 3.8) is 0 Å². The van der Waals surface area contributed by atoms with Gasteiger partial charge in [0.2, 0.25) is 0 Å². The third-order valence-corrected chi connectivity index (χ3v) is 4.24. The van der Waals surface area contributed by atoms with Gasteiger partial charge in [-0.3, -0.25) is 4.90 Å². The van der Waals surface area contributed by atoms with Crippen LogP contribution in [0.2, 0.25) is 0 Å². The van der Waals surface area contributed by atoms with Gasteiger partial charge in [-0.25, -0.2) is 0 Å². The Morgan fingerprint density at radius 3 is 2.61 bits per heavy atom. The zero-order valence-electron chi connectivity index (χ0n) is 12.7. The summed E-state index contributed by atoms with van der Waals surface area (Å²) in [5.41, 5.74) is 0. The molecule has 1 rings (SSSR count). The Morgan fingerprint density at radius 1 is 1.33 bits per heavy atom. The van der Waals surface area contributed by atoms with Crippen LogP contribution in [-0.4, -0.2) is 49.8 Å². The molecule has 0 radical (unpaired) electrons. The van der Waals surface area contributed by atoms with Gasteiger partial charge in [-0.15, -0.1) is 0 Å². The number of hydrogen-bond donors (Lipinski definition) is 1. The summed E-state index contributed by atoms with van der Waals surface area (Å²) in [7, 11) is 0. The van der Waals surface area contributed by atoms with Gasteiger partial charge in [-0.2, -0.15) is 0 Å². The molecule has 1 fully saturated rings. The van der Waals surface area contributed by atoms with Gasteiger partial charge in [0.15, 0.2) is 0 Å². The maximum Gasteiger partial charge on any atom is 0.0510 e. The van der Waals surface area contributed by atoms with Crippen LogP contribution in [-0.2, 0) is 4.74 Å². The average molecular weight is 256 g/mol. The second kappa shape index (κ2) is 8.89. The molecular formula is C15H32N2O. The Kier molecular flexibility index (Phi) is 7.87. The zero-order valence-corrected chi connectivity index (χ0v) is 12.7. The first-order valence-corrected chi connectivity index (χ1v) is 7.78. The van der Waals surface area contributed by atoms with Gasteiger partial charge in [0.25, 0.3) is 0 Å². The molecule has 0 aromatic heterocycles. The summed E-state index contributed by atoms with van der Waals surface area (Å²) in [4.78, 5) is 2.60. The second-order valence-electron chi connectivity index (χ2n) is 5.53. The topological polar surface area (TPSA) is 24.5 Å². The van der Waals surface area contributed by atoms with Crippen molar-refractivity contribution in [2.45, 2.75) is 59.0 Å². The Morgan fingerprint density at radius 2 is 2.11 bits per heavy atom. The summed E-state index contributed by atoms with van der Waals surface area (Å²) < 4.78 is 5.56. The van der Waals surface area contributed by atoms with Crippen LogP contribution in [0.25, 0.3) is 0 Å². The van der Waals surface area contributed by atoms with Crippen molar-refractivity contribution in [2.24, 2.45) is 5.92 Å². The molecule has 1 aliphatic rings. The minimum Gasteiger partial charge on any atom is -0.381 e. The van der Waals surface area contributed by atoms with Crippen LogP contribution in [0.1, 0.15) is 47.0 Å². The van der Waals surface area contributed by atoms with E-state index < -0.39 is 0 Å². The van der Waals surface area contributed by atoms with Gasteiger partial charge in [0.1, 0.15) is 0 Å². The molecule has 3 heteroatoms. The summed E-state index contributed by atoms with van der Waals surface area (Å²) in [6.07, 6.45) is 3.66. The lowest BCUT2D eigenvalue weighted by atomic mass is 9.97. The van der Waals surface area contributed by atoms with Crippen LogP contribution >= 0.6 is 0 Å². The van der Waals surface area contributed by atoms with Crippen molar-refractivity contribution in [3.8, 4) is 0 Å². The van der Waals surface area contributed by atoms with Gasteiger partial charge in [-0.05, 0) is 39.3 Å². The third-order valence-electron chi connectivity index (χ3n) is 4.24. The van der Waals surface area contributed by atoms with Crippen molar-refractivity contribution in [3.05, 3.63) is 0 Å². The highest BCUT2D eigenvalue weighted by Crippen LogP contribution is 2.19. The van der Waals surface area contributed by atoms with E-state index in [0.29, 0.717) is 18.0 Å². The van der Waals surface area contributed by atoms with Gasteiger partial charge in [-0.1, -0.05) is 20.8 Å². The van der Waals surface area contributed by atoms with Gasteiger partial charge in [0.05, 0.1) is 6.61 Å². The number of hydrogen-bond acceptors (Lipinski definition) is 3. The Labute approximate surface area is 113 Å². The van der Waals surface area contributed by atoms with E-state index in [-0.39, 0.29) is 0 Å². The average Bonchev–Trinajstić information content (AvgIpc) is 2.92. The summed E-state index contributed by atoms with van der Waals surface area (Å²) in [6, 6.07) is 1.28. The highest BCUT2D eigenvalue weighted by atomic mass is 16.5. The molecule has 3 nitrogen and oxygen atoms in total. The van der Waals surface area contributed by atoms with E-state index in [1.165, 1.54) is 25.8 Å². The van der Waals surface area contributed by atoms with E-state index in [0.717, 1.165) is 26.3 Å². The fourth-order valence-electron chi connectivity index (χ4n) is 2.71. The van der Waals surface area contributed by atoms with Crippen molar-refractivity contribution in [2.75, 3.05) is 32.8 Å². The quantitative estimate of drug-likeness (QED) is 0.686. The van der Waals surface area contributed by atoms with Crippen LogP contribution in [0.15, 0.2) is 0 Å². The summed E-state index contributed by atoms with van der Waals surface area (Å²) >= 11 is 0. The second-order valence-corrected chi connectivity index (χ2v) is 5.53. The smallest absolute Gasteiger partial charge is 0.0510 e. The van der Waals surface area contributed by atoms with Crippen LogP contribution in [0.3, 0.4) is 0 Å². The normalized spacial score (nSPS) is 23.5. The zero-order chi connectivity index (χ0) is 13.4. The molecule has 1 saturated heterocycles. The van der Waals surface area contributed by atoms with Crippen molar-refractivity contribution in [1.29, 1.82) is 0 Å². The number of rotatable bonds is 9. The van der Waals surface area contributed by atoms with Gasteiger partial charge in [0, 0.05) is 31.2 Å². The molecule has 0 aromatic rings. The lowest BCUT2D eigenvalue weighted by Gasteiger charge is -2.34. The first-order chi connectivity index (χ1) is 8.72. The van der Waals surface area contributed by atoms with E-state index in [1.807, 2.05) is 0 Å². The third kappa shape index (κ3) is 4.87. The number of likely N-dealkylation sites (N-methyl/N-ethyl adjacent to an activating group) is 1. The summed E-state index contributed by atoms with van der Waals surface area (Å²) in [6.45, 7) is 14.5. The standard InChI is InChI=1S/C15H32N2O/c1-5-9-16-15(14-8-10-18-12-14)11-17(7-3)13(4)6-2/h13-16H,5-12H2,1-4H3. The van der Waals surface area contributed by atoms with Crippen molar-refractivity contribution >= 4 is 0 Å². The minimum atomic E-state index is 0.599. The van der Waals surface area contributed by atoms with Gasteiger partial charge < -0.3 is 10.1 Å². The molecule has 3 unspecified atom stereocenters.